The van der Waals surface area contributed by atoms with Gasteiger partial charge in [-0.2, -0.15) is 0 Å². The second-order valence-electron chi connectivity index (χ2n) is 6.95. The Morgan fingerprint density at radius 2 is 1.67 bits per heavy atom. The standard InChI is InChI=1S/C20H24N2O4S/c1-13-9-14(2)20(15(3)10-13)27(24,25)21-16-11-19(23)22(12-16)17-5-7-18(26-4)8-6-17/h5-10,16,21H,11-12H2,1-4H3/t16-/m1/s1. The van der Waals surface area contributed by atoms with Gasteiger partial charge in [0.1, 0.15) is 5.75 Å². The van der Waals surface area contributed by atoms with E-state index in [0.29, 0.717) is 28.3 Å². The zero-order valence-corrected chi connectivity index (χ0v) is 16.8. The van der Waals surface area contributed by atoms with Crippen LogP contribution in [0.2, 0.25) is 0 Å². The highest BCUT2D eigenvalue weighted by Gasteiger charge is 2.34. The zero-order chi connectivity index (χ0) is 19.8. The summed E-state index contributed by atoms with van der Waals surface area (Å²) in [5, 5.41) is 0. The lowest BCUT2D eigenvalue weighted by atomic mass is 10.1. The number of carbonyl (C=O) groups is 1. The summed E-state index contributed by atoms with van der Waals surface area (Å²) in [6.45, 7) is 5.82. The van der Waals surface area contributed by atoms with Crippen molar-refractivity contribution in [1.82, 2.24) is 4.72 Å². The second-order valence-corrected chi connectivity index (χ2v) is 8.60. The normalized spacial score (nSPS) is 17.4. The summed E-state index contributed by atoms with van der Waals surface area (Å²) in [4.78, 5) is 14.3. The molecule has 27 heavy (non-hydrogen) atoms. The minimum Gasteiger partial charge on any atom is -0.497 e. The Hall–Kier alpha value is -2.38. The van der Waals surface area contributed by atoms with Crippen LogP contribution in [0.1, 0.15) is 23.1 Å². The number of hydrogen-bond donors (Lipinski definition) is 1. The fourth-order valence-corrected chi connectivity index (χ4v) is 5.35. The van der Waals surface area contributed by atoms with Crippen LogP contribution >= 0.6 is 0 Å². The first-order valence-corrected chi connectivity index (χ1v) is 10.2. The average Bonchev–Trinajstić information content (AvgIpc) is 2.93. The molecule has 3 rings (SSSR count). The van der Waals surface area contributed by atoms with Crippen molar-refractivity contribution in [2.24, 2.45) is 0 Å². The van der Waals surface area contributed by atoms with Gasteiger partial charge in [0.25, 0.3) is 0 Å². The highest BCUT2D eigenvalue weighted by Crippen LogP contribution is 2.26. The van der Waals surface area contributed by atoms with Crippen LogP contribution in [0.5, 0.6) is 5.75 Å². The number of carbonyl (C=O) groups excluding carboxylic acids is 1. The second kappa shape index (κ2) is 7.32. The third kappa shape index (κ3) is 3.99. The van der Waals surface area contributed by atoms with Crippen molar-refractivity contribution in [2.45, 2.75) is 38.1 Å². The van der Waals surface area contributed by atoms with Gasteiger partial charge in [-0.15, -0.1) is 0 Å². The molecule has 0 unspecified atom stereocenters. The summed E-state index contributed by atoms with van der Waals surface area (Å²) in [6, 6.07) is 10.4. The summed E-state index contributed by atoms with van der Waals surface area (Å²) in [5.74, 6) is 0.596. The molecule has 1 heterocycles. The largest absolute Gasteiger partial charge is 0.497 e. The maximum absolute atomic E-state index is 12.9. The first-order chi connectivity index (χ1) is 12.7. The number of sulfonamides is 1. The molecule has 0 aliphatic carbocycles. The van der Waals surface area contributed by atoms with E-state index in [1.54, 1.807) is 50.1 Å². The number of anilines is 1. The molecule has 0 saturated carbocycles. The Bertz CT molecular complexity index is 945. The minimum absolute atomic E-state index is 0.106. The molecule has 7 heteroatoms. The van der Waals surface area contributed by atoms with Crippen LogP contribution in [-0.2, 0) is 14.8 Å². The molecule has 1 fully saturated rings. The summed E-state index contributed by atoms with van der Waals surface area (Å²) in [6.07, 6.45) is 0.134. The van der Waals surface area contributed by atoms with E-state index >= 15 is 0 Å². The van der Waals surface area contributed by atoms with Crippen LogP contribution in [0.3, 0.4) is 0 Å². The molecule has 0 bridgehead atoms. The number of ether oxygens (including phenoxy) is 1. The zero-order valence-electron chi connectivity index (χ0n) is 15.9. The van der Waals surface area contributed by atoms with Gasteiger partial charge in [-0.3, -0.25) is 4.79 Å². The van der Waals surface area contributed by atoms with Crippen molar-refractivity contribution in [3.8, 4) is 5.75 Å². The van der Waals surface area contributed by atoms with Gasteiger partial charge in [-0.1, -0.05) is 17.7 Å². The summed E-state index contributed by atoms with van der Waals surface area (Å²) in [5.41, 5.74) is 3.16. The predicted octanol–water partition coefficient (Wildman–Crippen LogP) is 2.70. The van der Waals surface area contributed by atoms with E-state index < -0.39 is 16.1 Å². The molecule has 1 saturated heterocycles. The molecular weight excluding hydrogens is 364 g/mol. The molecule has 6 nitrogen and oxygen atoms in total. The summed E-state index contributed by atoms with van der Waals surface area (Å²) >= 11 is 0. The SMILES string of the molecule is COc1ccc(N2C[C@H](NS(=O)(=O)c3c(C)cc(C)cc3C)CC2=O)cc1. The number of benzene rings is 2. The third-order valence-electron chi connectivity index (χ3n) is 4.70. The molecule has 0 radical (unpaired) electrons. The number of amides is 1. The van der Waals surface area contributed by atoms with Crippen molar-refractivity contribution in [2.75, 3.05) is 18.6 Å². The monoisotopic (exact) mass is 388 g/mol. The van der Waals surface area contributed by atoms with Crippen LogP contribution in [0, 0.1) is 20.8 Å². The maximum Gasteiger partial charge on any atom is 0.241 e. The molecular formula is C20H24N2O4S. The smallest absolute Gasteiger partial charge is 0.241 e. The van der Waals surface area contributed by atoms with Crippen LogP contribution in [0.25, 0.3) is 0 Å². The Kier molecular flexibility index (Phi) is 5.26. The number of methoxy groups -OCH3 is 1. The average molecular weight is 388 g/mol. The quantitative estimate of drug-likeness (QED) is 0.855. The van der Waals surface area contributed by atoms with Crippen LogP contribution < -0.4 is 14.4 Å². The van der Waals surface area contributed by atoms with Gasteiger partial charge in [-0.25, -0.2) is 13.1 Å². The van der Waals surface area contributed by atoms with Gasteiger partial charge in [0.05, 0.1) is 12.0 Å². The van der Waals surface area contributed by atoms with E-state index in [1.165, 1.54) is 0 Å². The van der Waals surface area contributed by atoms with E-state index in [1.807, 2.05) is 19.1 Å². The van der Waals surface area contributed by atoms with Gasteiger partial charge in [0.15, 0.2) is 0 Å². The van der Waals surface area contributed by atoms with Crippen molar-refractivity contribution < 1.29 is 17.9 Å². The molecule has 1 atom stereocenters. The molecule has 1 N–H and O–H groups in total. The van der Waals surface area contributed by atoms with Crippen LogP contribution in [0.15, 0.2) is 41.3 Å². The Morgan fingerprint density at radius 1 is 1.07 bits per heavy atom. The first-order valence-electron chi connectivity index (χ1n) is 8.76. The van der Waals surface area contributed by atoms with Gasteiger partial charge >= 0.3 is 0 Å². The molecule has 2 aromatic rings. The molecule has 0 spiro atoms. The first kappa shape index (κ1) is 19.4. The number of hydrogen-bond acceptors (Lipinski definition) is 4. The van der Waals surface area contributed by atoms with E-state index in [-0.39, 0.29) is 12.3 Å². The third-order valence-corrected chi connectivity index (χ3v) is 6.53. The van der Waals surface area contributed by atoms with Crippen molar-refractivity contribution in [3.05, 3.63) is 53.1 Å². The predicted molar refractivity (Wildman–Crippen MR) is 105 cm³/mol. The Balaban J connectivity index is 1.79. The van der Waals surface area contributed by atoms with Crippen molar-refractivity contribution >= 4 is 21.6 Å². The maximum atomic E-state index is 12.9. The van der Waals surface area contributed by atoms with Crippen molar-refractivity contribution in [1.29, 1.82) is 0 Å². The van der Waals surface area contributed by atoms with Crippen LogP contribution in [0.4, 0.5) is 5.69 Å². The molecule has 1 aliphatic rings. The number of rotatable bonds is 5. The van der Waals surface area contributed by atoms with E-state index in [9.17, 15) is 13.2 Å². The Labute approximate surface area is 160 Å². The van der Waals surface area contributed by atoms with E-state index in [4.69, 9.17) is 4.74 Å². The van der Waals surface area contributed by atoms with Crippen LogP contribution in [-0.4, -0.2) is 34.0 Å². The summed E-state index contributed by atoms with van der Waals surface area (Å²) in [7, 11) is -2.13. The molecule has 1 aliphatic heterocycles. The molecule has 0 aromatic heterocycles. The van der Waals surface area contributed by atoms with E-state index in [0.717, 1.165) is 11.3 Å². The lowest BCUT2D eigenvalue weighted by molar-refractivity contribution is -0.117. The van der Waals surface area contributed by atoms with Gasteiger partial charge in [0.2, 0.25) is 15.9 Å². The fraction of sp³-hybridized carbons (Fsp3) is 0.350. The molecule has 1 amide bonds. The fourth-order valence-electron chi connectivity index (χ4n) is 3.67. The Morgan fingerprint density at radius 3 is 2.22 bits per heavy atom. The van der Waals surface area contributed by atoms with E-state index in [2.05, 4.69) is 4.72 Å². The minimum atomic E-state index is -3.71. The van der Waals surface area contributed by atoms with Crippen molar-refractivity contribution in [3.63, 3.8) is 0 Å². The number of aryl methyl sites for hydroxylation is 3. The molecule has 144 valence electrons. The van der Waals surface area contributed by atoms with Gasteiger partial charge in [0, 0.05) is 24.7 Å². The topological polar surface area (TPSA) is 75.7 Å². The lowest BCUT2D eigenvalue weighted by Gasteiger charge is -2.19. The summed E-state index contributed by atoms with van der Waals surface area (Å²) < 4.78 is 33.7. The molecule has 2 aromatic carbocycles. The van der Waals surface area contributed by atoms with Gasteiger partial charge < -0.3 is 9.64 Å². The lowest BCUT2D eigenvalue weighted by Crippen LogP contribution is -2.37. The highest BCUT2D eigenvalue weighted by molar-refractivity contribution is 7.89. The number of nitrogens with one attached hydrogen (secondary N) is 1. The van der Waals surface area contributed by atoms with Gasteiger partial charge in [-0.05, 0) is 56.2 Å². The number of nitrogens with zero attached hydrogens (tertiary/aromatic N) is 1. The highest BCUT2D eigenvalue weighted by atomic mass is 32.2.